The molecule has 4 rings (SSSR count). The van der Waals surface area contributed by atoms with Gasteiger partial charge >= 0.3 is 0 Å². The van der Waals surface area contributed by atoms with Crippen molar-refractivity contribution in [1.82, 2.24) is 14.8 Å². The van der Waals surface area contributed by atoms with Gasteiger partial charge in [0, 0.05) is 30.2 Å². The summed E-state index contributed by atoms with van der Waals surface area (Å²) in [5.41, 5.74) is 1.35. The molecule has 4 nitrogen and oxygen atoms in total. The molecule has 0 radical (unpaired) electrons. The molecule has 1 aliphatic rings. The molecule has 0 saturated carbocycles. The molecule has 1 atom stereocenters. The Balaban J connectivity index is 1.47. The van der Waals surface area contributed by atoms with Gasteiger partial charge in [-0.3, -0.25) is 0 Å². The van der Waals surface area contributed by atoms with Gasteiger partial charge in [0.15, 0.2) is 5.16 Å². The van der Waals surface area contributed by atoms with Gasteiger partial charge in [-0.05, 0) is 42.7 Å². The van der Waals surface area contributed by atoms with Crippen LogP contribution in [-0.4, -0.2) is 33.2 Å². The number of thiophene rings is 1. The van der Waals surface area contributed by atoms with Crippen LogP contribution < -0.4 is 0 Å². The Labute approximate surface area is 169 Å². The summed E-state index contributed by atoms with van der Waals surface area (Å²) in [5.74, 6) is 2.02. The van der Waals surface area contributed by atoms with E-state index in [9.17, 15) is 0 Å². The highest BCUT2D eigenvalue weighted by Gasteiger charge is 2.18. The average molecular weight is 400 g/mol. The number of hydrogen-bond acceptors (Lipinski definition) is 5. The van der Waals surface area contributed by atoms with E-state index in [2.05, 4.69) is 62.6 Å². The van der Waals surface area contributed by atoms with E-state index in [-0.39, 0.29) is 0 Å². The van der Waals surface area contributed by atoms with Gasteiger partial charge in [-0.2, -0.15) is 0 Å². The second kappa shape index (κ2) is 9.53. The Kier molecular flexibility index (Phi) is 6.61. The van der Waals surface area contributed by atoms with Gasteiger partial charge in [-0.25, -0.2) is 0 Å². The molecule has 0 bridgehead atoms. The third-order valence-electron chi connectivity index (χ3n) is 4.85. The standard InChI is InChI=1S/C21H25N3OS2/c1-2-7-17(8-3-1)11-12-24-20(15-19-10-6-14-26-19)22-23-21(24)27-16-18-9-4-5-13-25-18/h1-3,6-8,10,14,18H,4-5,9,11-13,15-16H2/t18-/m0/s1. The first-order valence-electron chi connectivity index (χ1n) is 9.61. The molecule has 1 saturated heterocycles. The Hall–Kier alpha value is -1.63. The largest absolute Gasteiger partial charge is 0.377 e. The van der Waals surface area contributed by atoms with E-state index in [4.69, 9.17) is 4.74 Å². The van der Waals surface area contributed by atoms with Crippen LogP contribution in [0.2, 0.25) is 0 Å². The Morgan fingerprint density at radius 1 is 1.11 bits per heavy atom. The summed E-state index contributed by atoms with van der Waals surface area (Å²) in [4.78, 5) is 1.33. The van der Waals surface area contributed by atoms with Crippen LogP contribution in [0, 0.1) is 0 Å². The van der Waals surface area contributed by atoms with E-state index in [0.29, 0.717) is 6.10 Å². The molecule has 1 aromatic carbocycles. The van der Waals surface area contributed by atoms with Crippen LogP contribution in [-0.2, 0) is 24.1 Å². The van der Waals surface area contributed by atoms with E-state index in [0.717, 1.165) is 49.1 Å². The highest BCUT2D eigenvalue weighted by Crippen LogP contribution is 2.25. The molecule has 1 fully saturated rings. The highest BCUT2D eigenvalue weighted by atomic mass is 32.2. The van der Waals surface area contributed by atoms with Gasteiger partial charge in [-0.1, -0.05) is 48.2 Å². The molecule has 142 valence electrons. The van der Waals surface area contributed by atoms with Crippen molar-refractivity contribution in [1.29, 1.82) is 0 Å². The highest BCUT2D eigenvalue weighted by molar-refractivity contribution is 7.99. The molecule has 0 unspecified atom stereocenters. The minimum Gasteiger partial charge on any atom is -0.377 e. The molecular weight excluding hydrogens is 374 g/mol. The molecule has 0 spiro atoms. The third kappa shape index (κ3) is 5.21. The van der Waals surface area contributed by atoms with Crippen LogP contribution in [0.1, 0.15) is 35.5 Å². The number of nitrogens with zero attached hydrogens (tertiary/aromatic N) is 3. The summed E-state index contributed by atoms with van der Waals surface area (Å²) in [6, 6.07) is 14.9. The van der Waals surface area contributed by atoms with Crippen molar-refractivity contribution in [3.63, 3.8) is 0 Å². The third-order valence-corrected chi connectivity index (χ3v) is 6.82. The lowest BCUT2D eigenvalue weighted by atomic mass is 10.1. The summed E-state index contributed by atoms with van der Waals surface area (Å²) in [5, 5.41) is 12.2. The SMILES string of the molecule is c1ccc(CCn2c(Cc3cccs3)nnc2SC[C@@H]2CCCCO2)cc1. The van der Waals surface area contributed by atoms with Gasteiger partial charge in [0.25, 0.3) is 0 Å². The Morgan fingerprint density at radius 2 is 2.04 bits per heavy atom. The van der Waals surface area contributed by atoms with Crippen molar-refractivity contribution >= 4 is 23.1 Å². The summed E-state index contributed by atoms with van der Waals surface area (Å²) in [6.07, 6.45) is 5.81. The molecule has 3 heterocycles. The number of thioether (sulfide) groups is 1. The predicted molar refractivity (Wildman–Crippen MR) is 112 cm³/mol. The molecule has 2 aromatic heterocycles. The van der Waals surface area contributed by atoms with Crippen LogP contribution in [0.25, 0.3) is 0 Å². The monoisotopic (exact) mass is 399 g/mol. The maximum atomic E-state index is 5.88. The first-order valence-corrected chi connectivity index (χ1v) is 11.5. The van der Waals surface area contributed by atoms with Crippen molar-refractivity contribution < 1.29 is 4.74 Å². The summed E-state index contributed by atoms with van der Waals surface area (Å²) in [7, 11) is 0. The summed E-state index contributed by atoms with van der Waals surface area (Å²) >= 11 is 3.57. The lowest BCUT2D eigenvalue weighted by molar-refractivity contribution is 0.0315. The summed E-state index contributed by atoms with van der Waals surface area (Å²) in [6.45, 7) is 1.81. The van der Waals surface area contributed by atoms with Crippen molar-refractivity contribution in [2.24, 2.45) is 0 Å². The number of benzene rings is 1. The second-order valence-electron chi connectivity index (χ2n) is 6.84. The first kappa shape index (κ1) is 18.7. The fraction of sp³-hybridized carbons (Fsp3) is 0.429. The van der Waals surface area contributed by atoms with Crippen molar-refractivity contribution in [3.8, 4) is 0 Å². The normalized spacial score (nSPS) is 17.3. The van der Waals surface area contributed by atoms with Gasteiger partial charge in [0.1, 0.15) is 5.82 Å². The van der Waals surface area contributed by atoms with E-state index in [1.54, 1.807) is 23.1 Å². The molecule has 0 amide bonds. The van der Waals surface area contributed by atoms with Crippen LogP contribution in [0.5, 0.6) is 0 Å². The number of rotatable bonds is 8. The molecule has 1 aliphatic heterocycles. The van der Waals surface area contributed by atoms with Gasteiger partial charge in [0.05, 0.1) is 6.10 Å². The van der Waals surface area contributed by atoms with Crippen LogP contribution >= 0.6 is 23.1 Å². The molecule has 0 aliphatic carbocycles. The average Bonchev–Trinajstić information content (AvgIpc) is 3.37. The molecule has 6 heteroatoms. The van der Waals surface area contributed by atoms with E-state index in [1.807, 2.05) is 0 Å². The van der Waals surface area contributed by atoms with Crippen LogP contribution in [0.15, 0.2) is 53.0 Å². The number of hydrogen-bond donors (Lipinski definition) is 0. The number of ether oxygens (including phenoxy) is 1. The number of aromatic nitrogens is 3. The fourth-order valence-electron chi connectivity index (χ4n) is 3.34. The van der Waals surface area contributed by atoms with Gasteiger partial charge < -0.3 is 9.30 Å². The zero-order valence-electron chi connectivity index (χ0n) is 15.4. The quantitative estimate of drug-likeness (QED) is 0.509. The van der Waals surface area contributed by atoms with Crippen LogP contribution in [0.4, 0.5) is 0 Å². The first-order chi connectivity index (χ1) is 13.4. The maximum Gasteiger partial charge on any atom is 0.191 e. The minimum atomic E-state index is 0.351. The topological polar surface area (TPSA) is 39.9 Å². The van der Waals surface area contributed by atoms with Gasteiger partial charge in [0.2, 0.25) is 0 Å². The smallest absolute Gasteiger partial charge is 0.191 e. The van der Waals surface area contributed by atoms with E-state index < -0.39 is 0 Å². The number of aryl methyl sites for hydroxylation is 1. The van der Waals surface area contributed by atoms with Crippen molar-refractivity contribution in [3.05, 3.63) is 64.1 Å². The summed E-state index contributed by atoms with van der Waals surface area (Å²) < 4.78 is 8.19. The van der Waals surface area contributed by atoms with Crippen LogP contribution in [0.3, 0.4) is 0 Å². The van der Waals surface area contributed by atoms with Crippen molar-refractivity contribution in [2.45, 2.75) is 49.9 Å². The van der Waals surface area contributed by atoms with E-state index in [1.165, 1.54) is 23.3 Å². The Bertz CT molecular complexity index is 811. The lowest BCUT2D eigenvalue weighted by Gasteiger charge is -2.22. The minimum absolute atomic E-state index is 0.351. The lowest BCUT2D eigenvalue weighted by Crippen LogP contribution is -2.21. The molecule has 0 N–H and O–H groups in total. The predicted octanol–water partition coefficient (Wildman–Crippen LogP) is 4.83. The second-order valence-corrected chi connectivity index (χ2v) is 8.86. The molecule has 27 heavy (non-hydrogen) atoms. The Morgan fingerprint density at radius 3 is 2.81 bits per heavy atom. The zero-order chi connectivity index (χ0) is 18.3. The molecule has 3 aromatic rings. The van der Waals surface area contributed by atoms with Gasteiger partial charge in [-0.15, -0.1) is 21.5 Å². The fourth-order valence-corrected chi connectivity index (χ4v) is 5.09. The molecular formula is C21H25N3OS2. The van der Waals surface area contributed by atoms with E-state index >= 15 is 0 Å². The van der Waals surface area contributed by atoms with Crippen molar-refractivity contribution in [2.75, 3.05) is 12.4 Å². The zero-order valence-corrected chi connectivity index (χ0v) is 17.1. The maximum absolute atomic E-state index is 5.88.